The molecule has 0 rings (SSSR count). The molecule has 0 atom stereocenters. The molecule has 0 fully saturated rings. The molecular formula is C38H74O6. The van der Waals surface area contributed by atoms with Crippen molar-refractivity contribution < 1.29 is 30.0 Å². The monoisotopic (exact) mass is 627 g/mol. The molecule has 6 heteroatoms. The third-order valence-corrected chi connectivity index (χ3v) is 7.40. The van der Waals surface area contributed by atoms with Gasteiger partial charge in [-0.3, -0.25) is 9.59 Å². The molecule has 0 saturated carbocycles. The molecule has 262 valence electrons. The van der Waals surface area contributed by atoms with Gasteiger partial charge in [-0.2, -0.15) is 0 Å². The van der Waals surface area contributed by atoms with E-state index >= 15 is 0 Å². The van der Waals surface area contributed by atoms with E-state index < -0.39 is 11.9 Å². The third-order valence-electron chi connectivity index (χ3n) is 7.40. The number of aliphatic hydroxyl groups is 2. The lowest BCUT2D eigenvalue weighted by molar-refractivity contribution is -0.138. The summed E-state index contributed by atoms with van der Waals surface area (Å²) < 4.78 is 0. The molecule has 0 radical (unpaired) electrons. The van der Waals surface area contributed by atoms with Gasteiger partial charge in [0.1, 0.15) is 0 Å². The number of rotatable bonds is 31. The number of hydrogen-bond acceptors (Lipinski definition) is 4. The van der Waals surface area contributed by atoms with E-state index in [0.717, 1.165) is 25.7 Å². The van der Waals surface area contributed by atoms with Gasteiger partial charge in [0.2, 0.25) is 0 Å². The minimum absolute atomic E-state index is 0.125. The Hall–Kier alpha value is -1.66. The van der Waals surface area contributed by atoms with Crippen LogP contribution in [0.5, 0.6) is 0 Å². The maximum absolute atomic E-state index is 10.3. The Bertz CT molecular complexity index is 550. The van der Waals surface area contributed by atoms with Crippen LogP contribution in [0.3, 0.4) is 0 Å². The first-order valence-electron chi connectivity index (χ1n) is 18.4. The molecule has 0 aliphatic carbocycles. The first-order chi connectivity index (χ1) is 21.5. The summed E-state index contributed by atoms with van der Waals surface area (Å²) >= 11 is 0. The lowest BCUT2D eigenvalue weighted by Gasteiger charge is -1.99. The fourth-order valence-electron chi connectivity index (χ4n) is 4.69. The van der Waals surface area contributed by atoms with Gasteiger partial charge >= 0.3 is 11.9 Å². The van der Waals surface area contributed by atoms with Crippen LogP contribution in [-0.2, 0) is 9.59 Å². The first kappa shape index (κ1) is 46.8. The van der Waals surface area contributed by atoms with E-state index in [2.05, 4.69) is 38.2 Å². The summed E-state index contributed by atoms with van der Waals surface area (Å²) in [5.41, 5.74) is 0. The van der Waals surface area contributed by atoms with Crippen molar-refractivity contribution >= 4 is 11.9 Å². The van der Waals surface area contributed by atoms with Crippen molar-refractivity contribution in [3.8, 4) is 0 Å². The molecule has 0 aliphatic rings. The van der Waals surface area contributed by atoms with Gasteiger partial charge in [-0.15, -0.1) is 0 Å². The lowest BCUT2D eigenvalue weighted by Crippen LogP contribution is -1.93. The molecular weight excluding hydrogens is 552 g/mol. The highest BCUT2D eigenvalue weighted by atomic mass is 16.4. The highest BCUT2D eigenvalue weighted by Gasteiger charge is 1.97. The van der Waals surface area contributed by atoms with Crippen molar-refractivity contribution in [1.82, 2.24) is 0 Å². The highest BCUT2D eigenvalue weighted by Crippen LogP contribution is 2.11. The number of allylic oxidation sites excluding steroid dienone is 4. The van der Waals surface area contributed by atoms with Crippen LogP contribution in [0.1, 0.15) is 194 Å². The number of carboxylic acids is 2. The molecule has 0 heterocycles. The molecule has 0 spiro atoms. The number of carboxylic acid groups (broad SMARTS) is 2. The van der Waals surface area contributed by atoms with Gasteiger partial charge in [-0.1, -0.05) is 141 Å². The fourth-order valence-corrected chi connectivity index (χ4v) is 4.69. The van der Waals surface area contributed by atoms with Crippen LogP contribution < -0.4 is 0 Å². The molecule has 0 amide bonds. The Labute approximate surface area is 272 Å². The normalized spacial score (nSPS) is 10.9. The van der Waals surface area contributed by atoms with Crippen molar-refractivity contribution in [3.05, 3.63) is 24.3 Å². The standard InChI is InChI=1S/2C18H34O2.C2H6O2/c2*1-2-3-4-5-6-7-8-9-10-11-12-13-14-15-16-17-18(19)20;3-1-2-4/h2*9-10H,2-8,11-17H2,1H3,(H,19,20);3-4H,1-2H2/b2*10-9-;. The summed E-state index contributed by atoms with van der Waals surface area (Å²) in [6.07, 6.45) is 42.5. The van der Waals surface area contributed by atoms with E-state index in [1.165, 1.54) is 141 Å². The smallest absolute Gasteiger partial charge is 0.303 e. The quantitative estimate of drug-likeness (QED) is 0.0449. The average Bonchev–Trinajstić information content (AvgIpc) is 3.01. The Kier molecular flexibility index (Phi) is 48.6. The van der Waals surface area contributed by atoms with E-state index in [9.17, 15) is 9.59 Å². The Morgan fingerprint density at radius 3 is 0.841 bits per heavy atom. The van der Waals surface area contributed by atoms with Gasteiger partial charge in [0, 0.05) is 12.8 Å². The first-order valence-corrected chi connectivity index (χ1v) is 18.4. The topological polar surface area (TPSA) is 115 Å². The Morgan fingerprint density at radius 1 is 0.386 bits per heavy atom. The molecule has 6 nitrogen and oxygen atoms in total. The van der Waals surface area contributed by atoms with Gasteiger partial charge in [0.15, 0.2) is 0 Å². The van der Waals surface area contributed by atoms with Crippen molar-refractivity contribution in [3.63, 3.8) is 0 Å². The van der Waals surface area contributed by atoms with E-state index in [4.69, 9.17) is 20.4 Å². The van der Waals surface area contributed by atoms with E-state index in [1.807, 2.05) is 0 Å². The van der Waals surface area contributed by atoms with Crippen LogP contribution in [-0.4, -0.2) is 45.6 Å². The van der Waals surface area contributed by atoms with Gasteiger partial charge in [0.05, 0.1) is 13.2 Å². The van der Waals surface area contributed by atoms with Crippen molar-refractivity contribution in [2.75, 3.05) is 13.2 Å². The van der Waals surface area contributed by atoms with Crippen LogP contribution in [0.25, 0.3) is 0 Å². The minimum atomic E-state index is -0.664. The maximum Gasteiger partial charge on any atom is 0.303 e. The largest absolute Gasteiger partial charge is 0.481 e. The molecule has 0 aromatic rings. The molecule has 0 saturated heterocycles. The van der Waals surface area contributed by atoms with Crippen LogP contribution >= 0.6 is 0 Å². The summed E-state index contributed by atoms with van der Waals surface area (Å²) in [6, 6.07) is 0. The molecule has 0 aromatic carbocycles. The van der Waals surface area contributed by atoms with E-state index in [1.54, 1.807) is 0 Å². The summed E-state index contributed by atoms with van der Waals surface area (Å²) in [7, 11) is 0. The average molecular weight is 627 g/mol. The lowest BCUT2D eigenvalue weighted by atomic mass is 10.1. The predicted molar refractivity (Wildman–Crippen MR) is 188 cm³/mol. The molecule has 0 aromatic heterocycles. The van der Waals surface area contributed by atoms with Crippen LogP contribution in [0.15, 0.2) is 24.3 Å². The van der Waals surface area contributed by atoms with E-state index in [0.29, 0.717) is 12.8 Å². The second kappa shape index (κ2) is 45.8. The number of aliphatic carboxylic acids is 2. The minimum Gasteiger partial charge on any atom is -0.481 e. The molecule has 0 bridgehead atoms. The molecule has 0 unspecified atom stereocenters. The van der Waals surface area contributed by atoms with Crippen LogP contribution in [0, 0.1) is 0 Å². The summed E-state index contributed by atoms with van der Waals surface area (Å²) in [5, 5.41) is 32.3. The van der Waals surface area contributed by atoms with E-state index in [-0.39, 0.29) is 13.2 Å². The van der Waals surface area contributed by atoms with Gasteiger partial charge < -0.3 is 20.4 Å². The van der Waals surface area contributed by atoms with Gasteiger partial charge in [0.25, 0.3) is 0 Å². The number of carbonyl (C=O) groups is 2. The van der Waals surface area contributed by atoms with Crippen molar-refractivity contribution in [1.29, 1.82) is 0 Å². The van der Waals surface area contributed by atoms with Crippen LogP contribution in [0.2, 0.25) is 0 Å². The molecule has 44 heavy (non-hydrogen) atoms. The SMILES string of the molecule is CCCCCCCC/C=C\CCCCCCCC(=O)O.CCCCCCCC/C=C\CCCCCCCC(=O)O.OCCO. The summed E-state index contributed by atoms with van der Waals surface area (Å²) in [4.78, 5) is 20.6. The number of unbranched alkanes of at least 4 members (excludes halogenated alkanes) is 22. The zero-order valence-corrected chi connectivity index (χ0v) is 29.1. The second-order valence-corrected chi connectivity index (χ2v) is 11.9. The fraction of sp³-hybridized carbons (Fsp3) is 0.842. The van der Waals surface area contributed by atoms with Gasteiger partial charge in [-0.05, 0) is 64.2 Å². The number of hydrogen-bond donors (Lipinski definition) is 4. The third kappa shape index (κ3) is 56.2. The van der Waals surface area contributed by atoms with Crippen molar-refractivity contribution in [2.24, 2.45) is 0 Å². The second-order valence-electron chi connectivity index (χ2n) is 11.9. The van der Waals surface area contributed by atoms with Gasteiger partial charge in [-0.25, -0.2) is 0 Å². The Balaban J connectivity index is -0.000000680. The Morgan fingerprint density at radius 2 is 0.614 bits per heavy atom. The maximum atomic E-state index is 10.3. The summed E-state index contributed by atoms with van der Waals surface area (Å²) in [5.74, 6) is -1.33. The zero-order chi connectivity index (χ0) is 33.2. The zero-order valence-electron chi connectivity index (χ0n) is 29.1. The van der Waals surface area contributed by atoms with Crippen molar-refractivity contribution in [2.45, 2.75) is 194 Å². The summed E-state index contributed by atoms with van der Waals surface area (Å²) in [6.45, 7) is 4.27. The highest BCUT2D eigenvalue weighted by molar-refractivity contribution is 5.66. The molecule has 0 aliphatic heterocycles. The number of aliphatic hydroxyl groups excluding tert-OH is 2. The predicted octanol–water partition coefficient (Wildman–Crippen LogP) is 11.2. The molecule has 4 N–H and O–H groups in total. The van der Waals surface area contributed by atoms with Crippen LogP contribution in [0.4, 0.5) is 0 Å².